The molecule has 24 heavy (non-hydrogen) atoms. The zero-order valence-corrected chi connectivity index (χ0v) is 14.5. The predicted molar refractivity (Wildman–Crippen MR) is 93.1 cm³/mol. The summed E-state index contributed by atoms with van der Waals surface area (Å²) in [6.45, 7) is 1.77. The molecule has 1 atom stereocenters. The summed E-state index contributed by atoms with van der Waals surface area (Å²) >= 11 is 7.41. The summed E-state index contributed by atoms with van der Waals surface area (Å²) in [6.07, 6.45) is 1.88. The van der Waals surface area contributed by atoms with Gasteiger partial charge in [-0.3, -0.25) is 4.79 Å². The zero-order valence-electron chi connectivity index (χ0n) is 13.0. The molecule has 1 aromatic heterocycles. The highest BCUT2D eigenvalue weighted by Crippen LogP contribution is 2.29. The van der Waals surface area contributed by atoms with Gasteiger partial charge in [0.2, 0.25) is 0 Å². The van der Waals surface area contributed by atoms with Crippen molar-refractivity contribution in [3.8, 4) is 5.69 Å². The number of benzene rings is 1. The molecule has 2 heterocycles. The van der Waals surface area contributed by atoms with E-state index < -0.39 is 17.4 Å². The molecule has 126 valence electrons. The molecule has 1 aromatic carbocycles. The number of halogens is 1. The molecule has 1 amide bonds. The van der Waals surface area contributed by atoms with Crippen molar-refractivity contribution in [2.24, 2.45) is 0 Å². The molecule has 6 nitrogen and oxygen atoms in total. The Bertz CT molecular complexity index is 782. The van der Waals surface area contributed by atoms with Crippen molar-refractivity contribution >= 4 is 35.2 Å². The number of carboxylic acid groups (broad SMARTS) is 1. The minimum Gasteiger partial charge on any atom is -0.479 e. The monoisotopic (exact) mass is 365 g/mol. The van der Waals surface area contributed by atoms with Gasteiger partial charge in [-0.15, -0.1) is 0 Å². The molecule has 0 spiro atoms. The zero-order chi connectivity index (χ0) is 17.3. The van der Waals surface area contributed by atoms with Crippen LogP contribution in [0.4, 0.5) is 0 Å². The molecule has 8 heteroatoms. The van der Waals surface area contributed by atoms with Crippen LogP contribution in [0.25, 0.3) is 5.69 Å². The Labute approximate surface area is 148 Å². The Kier molecular flexibility index (Phi) is 4.56. The quantitative estimate of drug-likeness (QED) is 0.869. The summed E-state index contributed by atoms with van der Waals surface area (Å²) < 4.78 is 1.63. The first-order valence-corrected chi connectivity index (χ1v) is 8.90. The first-order chi connectivity index (χ1) is 11.4. The third-order valence-electron chi connectivity index (χ3n) is 4.11. The number of aliphatic carboxylic acids is 1. The van der Waals surface area contributed by atoms with Gasteiger partial charge in [0.15, 0.2) is 0 Å². The average Bonchev–Trinajstić information content (AvgIpc) is 3.16. The lowest BCUT2D eigenvalue weighted by Gasteiger charge is -2.24. The van der Waals surface area contributed by atoms with Crippen LogP contribution in [0.2, 0.25) is 5.02 Å². The van der Waals surface area contributed by atoms with E-state index in [4.69, 9.17) is 11.6 Å². The molecular formula is C16H16ClN3O3S. The Morgan fingerprint density at radius 1 is 1.38 bits per heavy atom. The van der Waals surface area contributed by atoms with Crippen molar-refractivity contribution in [1.82, 2.24) is 15.1 Å². The predicted octanol–water partition coefficient (Wildman–Crippen LogP) is 2.52. The number of rotatable bonds is 4. The van der Waals surface area contributed by atoms with Crippen molar-refractivity contribution in [3.05, 3.63) is 46.7 Å². The summed E-state index contributed by atoms with van der Waals surface area (Å²) in [7, 11) is 0. The first kappa shape index (κ1) is 16.9. The molecule has 2 N–H and O–H groups in total. The third-order valence-corrected chi connectivity index (χ3v) is 5.55. The van der Waals surface area contributed by atoms with Gasteiger partial charge in [-0.1, -0.05) is 11.6 Å². The summed E-state index contributed by atoms with van der Waals surface area (Å²) in [5.74, 6) is -0.324. The maximum Gasteiger partial charge on any atom is 0.330 e. The van der Waals surface area contributed by atoms with Crippen LogP contribution in [-0.4, -0.2) is 43.8 Å². The standard InChI is InChI=1S/C16H16ClN3O3S/c1-10-13(8-18-20(10)12-4-2-11(17)3-5-12)14(21)19-16(15(22)23)6-7-24-9-16/h2-5,8H,6-7,9H2,1H3,(H,19,21)(H,22,23). The molecule has 1 aliphatic heterocycles. The van der Waals surface area contributed by atoms with Gasteiger partial charge in [0.05, 0.1) is 23.1 Å². The third kappa shape index (κ3) is 3.01. The summed E-state index contributed by atoms with van der Waals surface area (Å²) in [6, 6.07) is 7.09. The van der Waals surface area contributed by atoms with Crippen LogP contribution in [0.5, 0.6) is 0 Å². The van der Waals surface area contributed by atoms with Crippen molar-refractivity contribution < 1.29 is 14.7 Å². The largest absolute Gasteiger partial charge is 0.479 e. The molecule has 3 rings (SSSR count). The number of hydrogen-bond donors (Lipinski definition) is 2. The van der Waals surface area contributed by atoms with Gasteiger partial charge in [-0.05, 0) is 43.4 Å². The highest BCUT2D eigenvalue weighted by atomic mass is 35.5. The second kappa shape index (κ2) is 6.49. The second-order valence-electron chi connectivity index (χ2n) is 5.68. The SMILES string of the molecule is Cc1c(C(=O)NC2(C(=O)O)CCSC2)cnn1-c1ccc(Cl)cc1. The van der Waals surface area contributed by atoms with Gasteiger partial charge in [-0.2, -0.15) is 16.9 Å². The fourth-order valence-electron chi connectivity index (χ4n) is 2.65. The molecule has 0 bridgehead atoms. The normalized spacial score (nSPS) is 20.1. The van der Waals surface area contributed by atoms with Crippen molar-refractivity contribution in [2.75, 3.05) is 11.5 Å². The molecule has 0 saturated carbocycles. The highest BCUT2D eigenvalue weighted by molar-refractivity contribution is 7.99. The fraction of sp³-hybridized carbons (Fsp3) is 0.312. The van der Waals surface area contributed by atoms with Crippen LogP contribution in [0.1, 0.15) is 22.5 Å². The number of carbonyl (C=O) groups is 2. The van der Waals surface area contributed by atoms with E-state index in [0.717, 1.165) is 11.4 Å². The molecule has 1 saturated heterocycles. The number of thioether (sulfide) groups is 1. The van der Waals surface area contributed by atoms with E-state index in [1.54, 1.807) is 35.9 Å². The molecule has 0 radical (unpaired) electrons. The van der Waals surface area contributed by atoms with Crippen LogP contribution in [-0.2, 0) is 4.79 Å². The lowest BCUT2D eigenvalue weighted by molar-refractivity contribution is -0.143. The van der Waals surface area contributed by atoms with E-state index in [2.05, 4.69) is 10.4 Å². The van der Waals surface area contributed by atoms with E-state index >= 15 is 0 Å². The lowest BCUT2D eigenvalue weighted by atomic mass is 9.98. The van der Waals surface area contributed by atoms with Crippen LogP contribution < -0.4 is 5.32 Å². The number of hydrogen-bond acceptors (Lipinski definition) is 4. The Morgan fingerprint density at radius 2 is 2.08 bits per heavy atom. The maximum absolute atomic E-state index is 12.6. The maximum atomic E-state index is 12.6. The minimum absolute atomic E-state index is 0.363. The highest BCUT2D eigenvalue weighted by Gasteiger charge is 2.43. The number of carbonyl (C=O) groups excluding carboxylic acids is 1. The first-order valence-electron chi connectivity index (χ1n) is 7.37. The van der Waals surface area contributed by atoms with Crippen LogP contribution >= 0.6 is 23.4 Å². The van der Waals surface area contributed by atoms with Crippen molar-refractivity contribution in [1.29, 1.82) is 0 Å². The molecule has 1 aliphatic rings. The molecule has 1 fully saturated rings. The average molecular weight is 366 g/mol. The van der Waals surface area contributed by atoms with Crippen LogP contribution in [0.3, 0.4) is 0 Å². The van der Waals surface area contributed by atoms with E-state index in [1.165, 1.54) is 18.0 Å². The Morgan fingerprint density at radius 3 is 2.67 bits per heavy atom. The van der Waals surface area contributed by atoms with Crippen molar-refractivity contribution in [3.63, 3.8) is 0 Å². The van der Waals surface area contributed by atoms with Gasteiger partial charge in [0, 0.05) is 10.8 Å². The lowest BCUT2D eigenvalue weighted by Crippen LogP contribution is -2.54. The van der Waals surface area contributed by atoms with Gasteiger partial charge < -0.3 is 10.4 Å². The van der Waals surface area contributed by atoms with Gasteiger partial charge in [-0.25, -0.2) is 9.48 Å². The molecule has 1 unspecified atom stereocenters. The summed E-state index contributed by atoms with van der Waals surface area (Å²) in [5.41, 5.74) is 0.583. The minimum atomic E-state index is -1.20. The summed E-state index contributed by atoms with van der Waals surface area (Å²) in [4.78, 5) is 24.1. The molecule has 2 aromatic rings. The van der Waals surface area contributed by atoms with Gasteiger partial charge in [0.1, 0.15) is 5.54 Å². The van der Waals surface area contributed by atoms with E-state index in [-0.39, 0.29) is 0 Å². The Balaban J connectivity index is 1.86. The smallest absolute Gasteiger partial charge is 0.330 e. The van der Waals surface area contributed by atoms with E-state index in [9.17, 15) is 14.7 Å². The van der Waals surface area contributed by atoms with Crippen LogP contribution in [0, 0.1) is 6.92 Å². The molecular weight excluding hydrogens is 350 g/mol. The van der Waals surface area contributed by atoms with E-state index in [0.29, 0.717) is 28.5 Å². The van der Waals surface area contributed by atoms with E-state index in [1.807, 2.05) is 0 Å². The van der Waals surface area contributed by atoms with Crippen molar-refractivity contribution in [2.45, 2.75) is 18.9 Å². The summed E-state index contributed by atoms with van der Waals surface area (Å²) in [5, 5.41) is 17.0. The topological polar surface area (TPSA) is 84.2 Å². The number of amides is 1. The second-order valence-corrected chi connectivity index (χ2v) is 7.22. The number of aromatic nitrogens is 2. The Hall–Kier alpha value is -1.99. The number of nitrogens with one attached hydrogen (secondary N) is 1. The molecule has 0 aliphatic carbocycles. The van der Waals surface area contributed by atoms with Crippen LogP contribution in [0.15, 0.2) is 30.5 Å². The number of nitrogens with zero attached hydrogens (tertiary/aromatic N) is 2. The van der Waals surface area contributed by atoms with Gasteiger partial charge in [0.25, 0.3) is 5.91 Å². The van der Waals surface area contributed by atoms with Gasteiger partial charge >= 0.3 is 5.97 Å². The number of carboxylic acids is 1. The fourth-order valence-corrected chi connectivity index (χ4v) is 4.10.